The molecular weight excluding hydrogens is 341 g/mol. The van der Waals surface area contributed by atoms with Crippen LogP contribution in [0.3, 0.4) is 0 Å². The van der Waals surface area contributed by atoms with E-state index in [1.165, 1.54) is 38.2 Å². The Morgan fingerprint density at radius 2 is 1.73 bits per heavy atom. The summed E-state index contributed by atoms with van der Waals surface area (Å²) in [5.74, 6) is -2.61. The Morgan fingerprint density at radius 1 is 1.04 bits per heavy atom. The molecule has 1 aliphatic rings. The first kappa shape index (κ1) is 17.5. The molecule has 0 saturated carbocycles. The molecule has 0 bridgehead atoms. The Hall–Kier alpha value is -3.35. The van der Waals surface area contributed by atoms with Gasteiger partial charge in [-0.3, -0.25) is 0 Å². The summed E-state index contributed by atoms with van der Waals surface area (Å²) in [6, 6.07) is 12.5. The molecule has 0 aliphatic carbocycles. The van der Waals surface area contributed by atoms with Crippen LogP contribution in [0.4, 0.5) is 10.1 Å². The van der Waals surface area contributed by atoms with E-state index in [2.05, 4.69) is 5.32 Å². The summed E-state index contributed by atoms with van der Waals surface area (Å²) in [6.07, 6.45) is 1.19. The number of benzene rings is 2. The average Bonchev–Trinajstić information content (AvgIpc) is 2.54. The lowest BCUT2D eigenvalue weighted by Crippen LogP contribution is -2.42. The highest BCUT2D eigenvalue weighted by Crippen LogP contribution is 2.30. The van der Waals surface area contributed by atoms with Gasteiger partial charge in [-0.1, -0.05) is 18.2 Å². The number of esters is 2. The lowest BCUT2D eigenvalue weighted by atomic mass is 10.2. The Labute approximate surface area is 149 Å². The van der Waals surface area contributed by atoms with Crippen molar-refractivity contribution >= 4 is 17.6 Å². The molecule has 1 saturated heterocycles. The molecule has 7 heteroatoms. The second kappa shape index (κ2) is 6.87. The number of anilines is 1. The molecule has 0 unspecified atom stereocenters. The molecular formula is C19H16FNO5. The molecule has 0 radical (unpaired) electrons. The van der Waals surface area contributed by atoms with Crippen LogP contribution in [0.5, 0.6) is 11.5 Å². The van der Waals surface area contributed by atoms with Crippen molar-refractivity contribution in [3.63, 3.8) is 0 Å². The van der Waals surface area contributed by atoms with Crippen molar-refractivity contribution in [2.24, 2.45) is 0 Å². The van der Waals surface area contributed by atoms with E-state index in [-0.39, 0.29) is 5.57 Å². The number of hydrogen-bond donors (Lipinski definition) is 1. The van der Waals surface area contributed by atoms with E-state index in [9.17, 15) is 14.0 Å². The molecule has 6 nitrogen and oxygen atoms in total. The summed E-state index contributed by atoms with van der Waals surface area (Å²) in [5.41, 5.74) is 0.194. The highest BCUT2D eigenvalue weighted by molar-refractivity contribution is 6.15. The molecule has 2 aromatic rings. The smallest absolute Gasteiger partial charge is 0.350 e. The van der Waals surface area contributed by atoms with E-state index in [4.69, 9.17) is 14.2 Å². The molecule has 0 atom stereocenters. The van der Waals surface area contributed by atoms with Gasteiger partial charge in [0.1, 0.15) is 11.6 Å². The zero-order valence-corrected chi connectivity index (χ0v) is 14.1. The summed E-state index contributed by atoms with van der Waals surface area (Å²) in [7, 11) is 0. The van der Waals surface area contributed by atoms with Crippen LogP contribution in [0.2, 0.25) is 0 Å². The standard InChI is InChI=1S/C19H16FNO5/c1-19(2)25-17(22)14(18(23)26-19)11-21-15-8-3-4-9-16(15)24-13-7-5-6-12(20)10-13/h3-11,21H,1-2H3. The van der Waals surface area contributed by atoms with Crippen molar-refractivity contribution in [2.75, 3.05) is 5.32 Å². The number of ether oxygens (including phenoxy) is 3. The fourth-order valence-electron chi connectivity index (χ4n) is 2.26. The van der Waals surface area contributed by atoms with Crippen LogP contribution >= 0.6 is 0 Å². The largest absolute Gasteiger partial charge is 0.455 e. The number of halogens is 1. The molecule has 134 valence electrons. The topological polar surface area (TPSA) is 73.9 Å². The predicted octanol–water partition coefficient (Wildman–Crippen LogP) is 3.75. The average molecular weight is 357 g/mol. The van der Waals surface area contributed by atoms with Gasteiger partial charge >= 0.3 is 11.9 Å². The lowest BCUT2D eigenvalue weighted by molar-refractivity contribution is -0.222. The van der Waals surface area contributed by atoms with Crippen LogP contribution in [0.15, 0.2) is 60.3 Å². The van der Waals surface area contributed by atoms with Crippen molar-refractivity contribution in [1.82, 2.24) is 0 Å². The molecule has 1 aliphatic heterocycles. The number of para-hydroxylation sites is 2. The molecule has 2 aromatic carbocycles. The molecule has 0 spiro atoms. The number of carbonyl (C=O) groups excluding carboxylic acids is 2. The monoisotopic (exact) mass is 357 g/mol. The van der Waals surface area contributed by atoms with Crippen molar-refractivity contribution in [3.8, 4) is 11.5 Å². The first-order valence-corrected chi connectivity index (χ1v) is 7.80. The van der Waals surface area contributed by atoms with Gasteiger partial charge in [-0.2, -0.15) is 0 Å². The number of nitrogens with one attached hydrogen (secondary N) is 1. The van der Waals surface area contributed by atoms with Gasteiger partial charge in [0, 0.05) is 26.1 Å². The van der Waals surface area contributed by atoms with Gasteiger partial charge in [-0.25, -0.2) is 14.0 Å². The Kier molecular flexibility index (Phi) is 4.62. The number of hydrogen-bond acceptors (Lipinski definition) is 6. The highest BCUT2D eigenvalue weighted by Gasteiger charge is 2.38. The fraction of sp³-hybridized carbons (Fsp3) is 0.158. The van der Waals surface area contributed by atoms with E-state index in [1.54, 1.807) is 30.3 Å². The summed E-state index contributed by atoms with van der Waals surface area (Å²) in [4.78, 5) is 23.9. The second-order valence-corrected chi connectivity index (χ2v) is 5.94. The minimum Gasteiger partial charge on any atom is -0.455 e. The normalized spacial score (nSPS) is 15.7. The Balaban J connectivity index is 1.81. The van der Waals surface area contributed by atoms with Crippen LogP contribution in [0.1, 0.15) is 13.8 Å². The third kappa shape index (κ3) is 4.00. The van der Waals surface area contributed by atoms with Crippen LogP contribution in [-0.2, 0) is 19.1 Å². The van der Waals surface area contributed by atoms with Crippen molar-refractivity contribution < 1.29 is 28.2 Å². The predicted molar refractivity (Wildman–Crippen MR) is 90.9 cm³/mol. The molecule has 3 rings (SSSR count). The molecule has 26 heavy (non-hydrogen) atoms. The maximum atomic E-state index is 13.3. The maximum Gasteiger partial charge on any atom is 0.350 e. The SMILES string of the molecule is CC1(C)OC(=O)C(=CNc2ccccc2Oc2cccc(F)c2)C(=O)O1. The summed E-state index contributed by atoms with van der Waals surface area (Å²) in [5, 5.41) is 2.82. The zero-order valence-electron chi connectivity index (χ0n) is 14.1. The first-order chi connectivity index (χ1) is 12.3. The molecule has 1 fully saturated rings. The lowest BCUT2D eigenvalue weighted by Gasteiger charge is -2.29. The van der Waals surface area contributed by atoms with Gasteiger partial charge in [-0.15, -0.1) is 0 Å². The van der Waals surface area contributed by atoms with Crippen molar-refractivity contribution in [1.29, 1.82) is 0 Å². The van der Waals surface area contributed by atoms with E-state index >= 15 is 0 Å². The quantitative estimate of drug-likeness (QED) is 0.510. The summed E-state index contributed by atoms with van der Waals surface area (Å²) in [6.45, 7) is 2.93. The second-order valence-electron chi connectivity index (χ2n) is 5.94. The minimum absolute atomic E-state index is 0.273. The maximum absolute atomic E-state index is 13.3. The van der Waals surface area contributed by atoms with Gasteiger partial charge in [0.05, 0.1) is 5.69 Å². The van der Waals surface area contributed by atoms with Gasteiger partial charge in [0.25, 0.3) is 5.79 Å². The van der Waals surface area contributed by atoms with Gasteiger partial charge in [-0.05, 0) is 24.3 Å². The number of carbonyl (C=O) groups is 2. The third-order valence-corrected chi connectivity index (χ3v) is 3.40. The van der Waals surface area contributed by atoms with E-state index in [0.29, 0.717) is 17.2 Å². The molecule has 1 N–H and O–H groups in total. The van der Waals surface area contributed by atoms with Gasteiger partial charge in [0.2, 0.25) is 0 Å². The molecule has 0 amide bonds. The van der Waals surface area contributed by atoms with Crippen LogP contribution in [-0.4, -0.2) is 17.7 Å². The zero-order chi connectivity index (χ0) is 18.7. The summed E-state index contributed by atoms with van der Waals surface area (Å²) >= 11 is 0. The molecule has 1 heterocycles. The van der Waals surface area contributed by atoms with E-state index < -0.39 is 23.5 Å². The van der Waals surface area contributed by atoms with Gasteiger partial charge < -0.3 is 19.5 Å². The van der Waals surface area contributed by atoms with E-state index in [0.717, 1.165) is 0 Å². The van der Waals surface area contributed by atoms with Crippen LogP contribution in [0.25, 0.3) is 0 Å². The number of cyclic esters (lactones) is 2. The van der Waals surface area contributed by atoms with Crippen LogP contribution < -0.4 is 10.1 Å². The van der Waals surface area contributed by atoms with Crippen molar-refractivity contribution in [3.05, 3.63) is 66.1 Å². The first-order valence-electron chi connectivity index (χ1n) is 7.80. The molecule has 0 aromatic heterocycles. The summed E-state index contributed by atoms with van der Waals surface area (Å²) < 4.78 is 29.0. The van der Waals surface area contributed by atoms with Gasteiger partial charge in [0.15, 0.2) is 11.3 Å². The highest BCUT2D eigenvalue weighted by atomic mass is 19.1. The fourth-order valence-corrected chi connectivity index (χ4v) is 2.26. The van der Waals surface area contributed by atoms with Crippen LogP contribution in [0, 0.1) is 5.82 Å². The number of rotatable bonds is 4. The Bertz CT molecular complexity index is 869. The van der Waals surface area contributed by atoms with E-state index in [1.807, 2.05) is 0 Å². The third-order valence-electron chi connectivity index (χ3n) is 3.40. The van der Waals surface area contributed by atoms with Crippen molar-refractivity contribution in [2.45, 2.75) is 19.6 Å². The Morgan fingerprint density at radius 3 is 2.42 bits per heavy atom. The minimum atomic E-state index is -1.30.